The smallest absolute Gasteiger partial charge is 0.279 e. The Bertz CT molecular complexity index is 1590. The largest absolute Gasteiger partial charge is 0.316 e. The average molecular weight is 510 g/mol. The standard InChI is InChI=1S/C26H24FN3O3S2/c1-2-14-30-23-12-9-21(27)16-24(23)34-26(30)28-25(31)19-7-10-22(11-8-19)35(32,33)29-15-13-18-5-3-4-6-20(18)17-29/h3-12,16H,2,13-15,17H2,1H3. The molecule has 0 saturated heterocycles. The number of thiazole rings is 1. The number of amides is 1. The molecule has 0 aliphatic carbocycles. The van der Waals surface area contributed by atoms with Crippen molar-refractivity contribution in [1.29, 1.82) is 0 Å². The molecule has 0 radical (unpaired) electrons. The lowest BCUT2D eigenvalue weighted by Crippen LogP contribution is -2.35. The molecule has 0 atom stereocenters. The molecule has 4 aromatic rings. The predicted octanol–water partition coefficient (Wildman–Crippen LogP) is 4.74. The first-order valence-electron chi connectivity index (χ1n) is 11.4. The first kappa shape index (κ1) is 23.6. The number of hydrogen-bond donors (Lipinski definition) is 0. The van der Waals surface area contributed by atoms with Crippen LogP contribution in [0.4, 0.5) is 4.39 Å². The first-order chi connectivity index (χ1) is 16.9. The van der Waals surface area contributed by atoms with Crippen molar-refractivity contribution in [1.82, 2.24) is 8.87 Å². The highest BCUT2D eigenvalue weighted by Gasteiger charge is 2.28. The Morgan fingerprint density at radius 1 is 1.06 bits per heavy atom. The van der Waals surface area contributed by atoms with E-state index in [0.29, 0.717) is 36.4 Å². The van der Waals surface area contributed by atoms with Crippen molar-refractivity contribution in [2.45, 2.75) is 37.8 Å². The van der Waals surface area contributed by atoms with Gasteiger partial charge in [0.2, 0.25) is 10.0 Å². The Labute approximate surface area is 207 Å². The maximum absolute atomic E-state index is 13.7. The summed E-state index contributed by atoms with van der Waals surface area (Å²) in [6.07, 6.45) is 1.50. The molecule has 1 aromatic heterocycles. The predicted molar refractivity (Wildman–Crippen MR) is 134 cm³/mol. The number of hydrogen-bond acceptors (Lipinski definition) is 4. The fourth-order valence-corrected chi connectivity index (χ4v) is 6.82. The van der Waals surface area contributed by atoms with Crippen molar-refractivity contribution in [3.63, 3.8) is 0 Å². The van der Waals surface area contributed by atoms with E-state index in [1.54, 1.807) is 6.07 Å². The van der Waals surface area contributed by atoms with Crippen LogP contribution in [0.5, 0.6) is 0 Å². The second kappa shape index (κ2) is 9.49. The van der Waals surface area contributed by atoms with E-state index in [9.17, 15) is 17.6 Å². The molecule has 1 amide bonds. The molecule has 180 valence electrons. The zero-order valence-electron chi connectivity index (χ0n) is 19.1. The van der Waals surface area contributed by atoms with E-state index in [-0.39, 0.29) is 10.7 Å². The molecule has 1 aliphatic rings. The molecule has 0 unspecified atom stereocenters. The fraction of sp³-hybridized carbons (Fsp3) is 0.231. The number of carbonyl (C=O) groups is 1. The second-order valence-electron chi connectivity index (χ2n) is 8.45. The highest BCUT2D eigenvalue weighted by molar-refractivity contribution is 7.89. The molecule has 6 nitrogen and oxygen atoms in total. The van der Waals surface area contributed by atoms with Crippen molar-refractivity contribution in [2.75, 3.05) is 6.54 Å². The van der Waals surface area contributed by atoms with Crippen molar-refractivity contribution in [3.8, 4) is 0 Å². The topological polar surface area (TPSA) is 71.7 Å². The Hall–Kier alpha value is -3.14. The van der Waals surface area contributed by atoms with Crippen LogP contribution in [0.3, 0.4) is 0 Å². The minimum absolute atomic E-state index is 0.145. The molecule has 5 rings (SSSR count). The van der Waals surface area contributed by atoms with Crippen molar-refractivity contribution in [2.24, 2.45) is 4.99 Å². The van der Waals surface area contributed by atoms with Crippen LogP contribution in [0.1, 0.15) is 34.8 Å². The summed E-state index contributed by atoms with van der Waals surface area (Å²) < 4.78 is 44.2. The third-order valence-corrected chi connectivity index (χ3v) is 9.02. The maximum Gasteiger partial charge on any atom is 0.279 e. The summed E-state index contributed by atoms with van der Waals surface area (Å²) in [5.41, 5.74) is 3.30. The van der Waals surface area contributed by atoms with Gasteiger partial charge >= 0.3 is 0 Å². The average Bonchev–Trinajstić information content (AvgIpc) is 3.19. The molecule has 1 aliphatic heterocycles. The number of benzene rings is 3. The number of rotatable bonds is 5. The van der Waals surface area contributed by atoms with Crippen molar-refractivity contribution >= 4 is 37.5 Å². The summed E-state index contributed by atoms with van der Waals surface area (Å²) >= 11 is 1.25. The van der Waals surface area contributed by atoms with E-state index in [1.807, 2.05) is 35.8 Å². The maximum atomic E-state index is 13.7. The van der Waals surface area contributed by atoms with Gasteiger partial charge in [0, 0.05) is 25.2 Å². The Balaban J connectivity index is 1.42. The molecule has 2 heterocycles. The molecule has 0 N–H and O–H groups in total. The van der Waals surface area contributed by atoms with Crippen molar-refractivity contribution < 1.29 is 17.6 Å². The number of sulfonamides is 1. The lowest BCUT2D eigenvalue weighted by atomic mass is 10.0. The Kier molecular flexibility index (Phi) is 6.39. The van der Waals surface area contributed by atoms with Gasteiger partial charge < -0.3 is 4.57 Å². The fourth-order valence-electron chi connectivity index (χ4n) is 4.32. The Morgan fingerprint density at radius 2 is 1.80 bits per heavy atom. The molecular weight excluding hydrogens is 485 g/mol. The van der Waals surface area contributed by atoms with Crippen LogP contribution in [0.2, 0.25) is 0 Å². The molecule has 0 fully saturated rings. The quantitative estimate of drug-likeness (QED) is 0.390. The van der Waals surface area contributed by atoms with Gasteiger partial charge in [-0.3, -0.25) is 4.79 Å². The number of fused-ring (bicyclic) bond motifs is 2. The zero-order valence-corrected chi connectivity index (χ0v) is 20.8. The lowest BCUT2D eigenvalue weighted by molar-refractivity contribution is 0.0997. The van der Waals surface area contributed by atoms with Crippen LogP contribution >= 0.6 is 11.3 Å². The molecule has 0 bridgehead atoms. The zero-order chi connectivity index (χ0) is 24.6. The highest BCUT2D eigenvalue weighted by Crippen LogP contribution is 2.25. The lowest BCUT2D eigenvalue weighted by Gasteiger charge is -2.28. The van der Waals surface area contributed by atoms with Gasteiger partial charge in [-0.25, -0.2) is 12.8 Å². The number of aromatic nitrogens is 1. The van der Waals surface area contributed by atoms with E-state index in [2.05, 4.69) is 4.99 Å². The summed E-state index contributed by atoms with van der Waals surface area (Å²) in [7, 11) is -3.69. The van der Waals surface area contributed by atoms with Gasteiger partial charge in [-0.15, -0.1) is 0 Å². The monoisotopic (exact) mass is 509 g/mol. The third kappa shape index (κ3) is 4.59. The van der Waals surface area contributed by atoms with E-state index in [1.165, 1.54) is 57.6 Å². The summed E-state index contributed by atoms with van der Waals surface area (Å²) in [4.78, 5) is 17.8. The normalized spacial score (nSPS) is 14.9. The third-order valence-electron chi connectivity index (χ3n) is 6.12. The SMILES string of the molecule is CCCn1c(=NC(=O)c2ccc(S(=O)(=O)N3CCc4ccccc4C3)cc2)sc2cc(F)ccc21. The molecule has 35 heavy (non-hydrogen) atoms. The van der Waals surface area contributed by atoms with Gasteiger partial charge in [-0.2, -0.15) is 9.30 Å². The molecule has 3 aromatic carbocycles. The minimum atomic E-state index is -3.69. The number of carbonyl (C=O) groups excluding carboxylic acids is 1. The summed E-state index contributed by atoms with van der Waals surface area (Å²) in [6.45, 7) is 3.41. The second-order valence-corrected chi connectivity index (χ2v) is 11.4. The van der Waals surface area contributed by atoms with E-state index in [4.69, 9.17) is 0 Å². The number of nitrogens with zero attached hydrogens (tertiary/aromatic N) is 3. The summed E-state index contributed by atoms with van der Waals surface area (Å²) in [5, 5.41) is 0. The summed E-state index contributed by atoms with van der Waals surface area (Å²) in [6, 6.07) is 18.3. The van der Waals surface area contributed by atoms with Gasteiger partial charge in [0.15, 0.2) is 4.80 Å². The van der Waals surface area contributed by atoms with Crippen LogP contribution in [0, 0.1) is 5.82 Å². The molecule has 0 spiro atoms. The van der Waals surface area contributed by atoms with Gasteiger partial charge in [0.25, 0.3) is 5.91 Å². The van der Waals surface area contributed by atoms with Crippen molar-refractivity contribution in [3.05, 3.63) is 94.0 Å². The highest BCUT2D eigenvalue weighted by atomic mass is 32.2. The van der Waals surface area contributed by atoms with Crippen LogP contribution in [0.15, 0.2) is 76.6 Å². The molecule has 9 heteroatoms. The summed E-state index contributed by atoms with van der Waals surface area (Å²) in [5.74, 6) is -0.813. The van der Waals surface area contributed by atoms with E-state index < -0.39 is 15.9 Å². The van der Waals surface area contributed by atoms with Crippen LogP contribution in [0.25, 0.3) is 10.2 Å². The Morgan fingerprint density at radius 3 is 2.54 bits per heavy atom. The van der Waals surface area contributed by atoms with Crippen LogP contribution in [-0.4, -0.2) is 29.7 Å². The van der Waals surface area contributed by atoms with Crippen LogP contribution < -0.4 is 4.80 Å². The van der Waals surface area contributed by atoms with Crippen LogP contribution in [-0.2, 0) is 29.5 Å². The van der Waals surface area contributed by atoms with E-state index >= 15 is 0 Å². The van der Waals surface area contributed by atoms with Gasteiger partial charge in [0.05, 0.1) is 15.1 Å². The number of aryl methyl sites for hydroxylation is 1. The molecular formula is C26H24FN3O3S2. The van der Waals surface area contributed by atoms with E-state index in [0.717, 1.165) is 22.2 Å². The molecule has 0 saturated carbocycles. The van der Waals surface area contributed by atoms with Gasteiger partial charge in [0.1, 0.15) is 5.82 Å². The first-order valence-corrected chi connectivity index (χ1v) is 13.7. The van der Waals surface area contributed by atoms with Gasteiger partial charge in [-0.1, -0.05) is 42.5 Å². The van der Waals surface area contributed by atoms with Gasteiger partial charge in [-0.05, 0) is 66.4 Å². The minimum Gasteiger partial charge on any atom is -0.316 e. The number of halogens is 1.